The van der Waals surface area contributed by atoms with Gasteiger partial charge in [-0.3, -0.25) is 0 Å². The first kappa shape index (κ1) is 15.4. The van der Waals surface area contributed by atoms with Gasteiger partial charge < -0.3 is 4.74 Å². The van der Waals surface area contributed by atoms with Crippen molar-refractivity contribution >= 4 is 42.6 Å². The number of nitrogens with zero attached hydrogens (tertiary/aromatic N) is 1. The fraction of sp³-hybridized carbons (Fsp3) is 0.118. The van der Waals surface area contributed by atoms with E-state index < -0.39 is 9.59 Å². The van der Waals surface area contributed by atoms with Crippen LogP contribution in [0.3, 0.4) is 0 Å². The first-order chi connectivity index (χ1) is 10.5. The molecule has 0 spiro atoms. The van der Waals surface area contributed by atoms with Crippen LogP contribution < -0.4 is 4.74 Å². The Kier molecular flexibility index (Phi) is 4.45. The van der Waals surface area contributed by atoms with Gasteiger partial charge in [0.25, 0.3) is 3.49 Å². The molecule has 2 nitrogen and oxygen atoms in total. The molecule has 3 aromatic rings. The molecule has 0 saturated heterocycles. The molecule has 1 unspecified atom stereocenters. The normalized spacial score (nSPS) is 13.0. The van der Waals surface area contributed by atoms with Gasteiger partial charge in [-0.15, -0.1) is 0 Å². The Hall–Kier alpha value is -1.46. The third-order valence-corrected chi connectivity index (χ3v) is 4.08. The number of hydrogen-bond acceptors (Lipinski definition) is 2. The fourth-order valence-corrected chi connectivity index (χ4v) is 2.95. The van der Waals surface area contributed by atoms with Crippen molar-refractivity contribution in [1.82, 2.24) is 4.98 Å². The molecule has 22 heavy (non-hydrogen) atoms. The van der Waals surface area contributed by atoms with Crippen LogP contribution >= 0.6 is 31.9 Å². The molecule has 1 aromatic heterocycles. The Morgan fingerprint density at radius 2 is 1.68 bits per heavy atom. The van der Waals surface area contributed by atoms with E-state index in [1.807, 2.05) is 42.5 Å². The van der Waals surface area contributed by atoms with Gasteiger partial charge in [-0.05, 0) is 60.3 Å². The molecule has 3 rings (SSSR count). The second-order valence-electron chi connectivity index (χ2n) is 4.81. The first-order valence-electron chi connectivity index (χ1n) is 6.67. The number of hydrogen-bond donors (Lipinski definition) is 0. The summed E-state index contributed by atoms with van der Waals surface area (Å²) in [5.41, 5.74) is 0.709. The van der Waals surface area contributed by atoms with Gasteiger partial charge in [-0.25, -0.2) is 9.37 Å². The molecule has 0 fully saturated rings. The van der Waals surface area contributed by atoms with Crippen LogP contribution in [0.25, 0.3) is 10.8 Å². The molecule has 1 heterocycles. The van der Waals surface area contributed by atoms with Crippen molar-refractivity contribution in [2.45, 2.75) is 9.59 Å². The van der Waals surface area contributed by atoms with E-state index in [2.05, 4.69) is 36.8 Å². The Bertz CT molecular complexity index is 774. The van der Waals surface area contributed by atoms with Gasteiger partial charge in [-0.1, -0.05) is 42.5 Å². The van der Waals surface area contributed by atoms with Crippen LogP contribution in [0.4, 0.5) is 4.39 Å². The molecular formula is C17H12Br2FNO. The van der Waals surface area contributed by atoms with E-state index in [-0.39, 0.29) is 0 Å². The molecule has 0 aliphatic rings. The van der Waals surface area contributed by atoms with Gasteiger partial charge in [-0.2, -0.15) is 0 Å². The van der Waals surface area contributed by atoms with Crippen molar-refractivity contribution in [3.63, 3.8) is 0 Å². The van der Waals surface area contributed by atoms with Gasteiger partial charge in [0.05, 0.1) is 0 Å². The second kappa shape index (κ2) is 6.34. The number of benzene rings is 2. The van der Waals surface area contributed by atoms with Gasteiger partial charge in [0.2, 0.25) is 5.88 Å². The third kappa shape index (κ3) is 3.47. The average molecular weight is 425 g/mol. The molecule has 112 valence electrons. The number of alkyl halides is 3. The van der Waals surface area contributed by atoms with Crippen LogP contribution in [-0.2, 0) is 0 Å². The number of rotatable bonds is 4. The highest BCUT2D eigenvalue weighted by atomic mass is 79.9. The molecule has 2 aromatic carbocycles. The van der Waals surface area contributed by atoms with Crippen molar-refractivity contribution in [2.24, 2.45) is 0 Å². The summed E-state index contributed by atoms with van der Waals surface area (Å²) in [5, 5.41) is 2.12. The Morgan fingerprint density at radius 1 is 0.955 bits per heavy atom. The molecule has 0 amide bonds. The molecule has 0 N–H and O–H groups in total. The minimum Gasteiger partial charge on any atom is -0.464 e. The van der Waals surface area contributed by atoms with Crippen molar-refractivity contribution in [1.29, 1.82) is 0 Å². The van der Waals surface area contributed by atoms with Gasteiger partial charge >= 0.3 is 0 Å². The molecule has 5 heteroatoms. The zero-order chi connectivity index (χ0) is 15.6. The maximum atomic E-state index is 14.5. The Morgan fingerprint density at radius 3 is 2.36 bits per heavy atom. The lowest BCUT2D eigenvalue weighted by Gasteiger charge is -2.25. The van der Waals surface area contributed by atoms with Crippen LogP contribution in [0.5, 0.6) is 5.88 Å². The summed E-state index contributed by atoms with van der Waals surface area (Å²) in [4.78, 5) is 4.09. The first-order valence-corrected chi connectivity index (χ1v) is 8.26. The summed E-state index contributed by atoms with van der Waals surface area (Å²) >= 11 is 6.00. The second-order valence-corrected chi connectivity index (χ2v) is 8.19. The maximum absolute atomic E-state index is 14.5. The lowest BCUT2D eigenvalue weighted by atomic mass is 10.0. The summed E-state index contributed by atoms with van der Waals surface area (Å²) in [6.07, 6.45) is 0.724. The van der Waals surface area contributed by atoms with Crippen LogP contribution in [-0.4, -0.2) is 8.47 Å². The molecule has 0 bridgehead atoms. The standard InChI is InChI=1S/C17H12Br2FNO/c18-17(19,20)16(22-15-7-3-4-10-21-15)14-9-8-12-5-1-2-6-13(12)11-14/h1-11,16H. The fourth-order valence-electron chi connectivity index (χ4n) is 2.23. The summed E-state index contributed by atoms with van der Waals surface area (Å²) in [6.45, 7) is 0. The highest BCUT2D eigenvalue weighted by molar-refractivity contribution is 9.25. The Labute approximate surface area is 144 Å². The number of pyridine rings is 1. The summed E-state index contributed by atoms with van der Waals surface area (Å²) in [7, 11) is 0. The van der Waals surface area contributed by atoms with E-state index in [1.54, 1.807) is 24.4 Å². The topological polar surface area (TPSA) is 22.1 Å². The number of aromatic nitrogens is 1. The van der Waals surface area contributed by atoms with Gasteiger partial charge in [0.1, 0.15) is 0 Å². The highest BCUT2D eigenvalue weighted by Gasteiger charge is 2.37. The highest BCUT2D eigenvalue weighted by Crippen LogP contribution is 2.43. The van der Waals surface area contributed by atoms with Crippen LogP contribution in [0.2, 0.25) is 0 Å². The number of halogens is 3. The van der Waals surface area contributed by atoms with Crippen LogP contribution in [0.1, 0.15) is 11.7 Å². The quantitative estimate of drug-likeness (QED) is 0.496. The maximum Gasteiger partial charge on any atom is 0.259 e. The predicted molar refractivity (Wildman–Crippen MR) is 93.2 cm³/mol. The lowest BCUT2D eigenvalue weighted by Crippen LogP contribution is -2.23. The summed E-state index contributed by atoms with van der Waals surface area (Å²) in [6, 6.07) is 18.9. The molecule has 0 aliphatic heterocycles. The number of ether oxygens (including phenoxy) is 1. The monoisotopic (exact) mass is 423 g/mol. The minimum atomic E-state index is -1.90. The summed E-state index contributed by atoms with van der Waals surface area (Å²) < 4.78 is 18.3. The summed E-state index contributed by atoms with van der Waals surface area (Å²) in [5.74, 6) is 0.363. The largest absolute Gasteiger partial charge is 0.464 e. The third-order valence-electron chi connectivity index (χ3n) is 3.25. The molecular weight excluding hydrogens is 413 g/mol. The lowest BCUT2D eigenvalue weighted by molar-refractivity contribution is 0.133. The average Bonchev–Trinajstić information content (AvgIpc) is 2.52. The van der Waals surface area contributed by atoms with Crippen LogP contribution in [0, 0.1) is 0 Å². The van der Waals surface area contributed by atoms with Crippen molar-refractivity contribution in [2.75, 3.05) is 0 Å². The molecule has 0 aliphatic carbocycles. The molecule has 1 atom stereocenters. The van der Waals surface area contributed by atoms with Crippen molar-refractivity contribution in [3.05, 3.63) is 72.4 Å². The minimum absolute atomic E-state index is 0.363. The van der Waals surface area contributed by atoms with E-state index in [9.17, 15) is 4.39 Å². The van der Waals surface area contributed by atoms with Crippen molar-refractivity contribution in [3.8, 4) is 5.88 Å². The SMILES string of the molecule is FC(Br)(Br)C(Oc1ccccn1)c1ccc2ccccc2c1. The van der Waals surface area contributed by atoms with Gasteiger partial charge in [0.15, 0.2) is 6.10 Å². The zero-order valence-corrected chi connectivity index (χ0v) is 14.6. The Balaban J connectivity index is 2.00. The van der Waals surface area contributed by atoms with E-state index in [4.69, 9.17) is 4.74 Å². The van der Waals surface area contributed by atoms with E-state index >= 15 is 0 Å². The van der Waals surface area contributed by atoms with Crippen molar-refractivity contribution < 1.29 is 9.13 Å². The predicted octanol–water partition coefficient (Wildman–Crippen LogP) is 5.77. The van der Waals surface area contributed by atoms with E-state index in [1.165, 1.54) is 0 Å². The molecule has 0 radical (unpaired) electrons. The van der Waals surface area contributed by atoms with E-state index in [0.717, 1.165) is 10.8 Å². The van der Waals surface area contributed by atoms with E-state index in [0.29, 0.717) is 11.4 Å². The molecule has 0 saturated carbocycles. The number of fused-ring (bicyclic) bond motifs is 1. The smallest absolute Gasteiger partial charge is 0.259 e. The zero-order valence-electron chi connectivity index (χ0n) is 11.4. The van der Waals surface area contributed by atoms with Gasteiger partial charge in [0, 0.05) is 12.3 Å². The van der Waals surface area contributed by atoms with Crippen LogP contribution in [0.15, 0.2) is 66.9 Å².